The molecular formula is C7H11FO2. The van der Waals surface area contributed by atoms with E-state index in [4.69, 9.17) is 0 Å². The van der Waals surface area contributed by atoms with Crippen LogP contribution in [-0.2, 0) is 9.53 Å². The van der Waals surface area contributed by atoms with Crippen LogP contribution in [0.3, 0.4) is 0 Å². The maximum absolute atomic E-state index is 12.9. The topological polar surface area (TPSA) is 26.3 Å². The number of halogens is 1. The first-order chi connectivity index (χ1) is 4.60. The summed E-state index contributed by atoms with van der Waals surface area (Å²) >= 11 is 0. The fourth-order valence-corrected chi connectivity index (χ4v) is 1.05. The summed E-state index contributed by atoms with van der Waals surface area (Å²) in [5.74, 6) is -2.13. The summed E-state index contributed by atoms with van der Waals surface area (Å²) in [6, 6.07) is 0. The number of hydrogen-bond acceptors (Lipinski definition) is 2. The molecule has 0 N–H and O–H groups in total. The molecule has 1 aliphatic heterocycles. The molecular weight excluding hydrogens is 135 g/mol. The van der Waals surface area contributed by atoms with E-state index >= 15 is 0 Å². The molecule has 1 fully saturated rings. The number of rotatable bonds is 0. The summed E-state index contributed by atoms with van der Waals surface area (Å²) in [5, 5.41) is 0. The number of alkyl halides is 1. The van der Waals surface area contributed by atoms with E-state index in [2.05, 4.69) is 4.74 Å². The first-order valence-corrected chi connectivity index (χ1v) is 3.51. The predicted octanol–water partition coefficient (Wildman–Crippen LogP) is 1.79. The van der Waals surface area contributed by atoms with E-state index in [1.165, 1.54) is 6.92 Å². The zero-order valence-electron chi connectivity index (χ0n) is 6.02. The van der Waals surface area contributed by atoms with Gasteiger partial charge in [0, 0.05) is 19.8 Å². The van der Waals surface area contributed by atoms with Crippen LogP contribution < -0.4 is 0 Å². The number of esters is 1. The highest BCUT2D eigenvalue weighted by Gasteiger charge is 2.29. The maximum atomic E-state index is 12.9. The molecule has 0 radical (unpaired) electrons. The Morgan fingerprint density at radius 3 is 3.00 bits per heavy atom. The van der Waals surface area contributed by atoms with Gasteiger partial charge < -0.3 is 4.74 Å². The second kappa shape index (κ2) is 2.56. The fourth-order valence-electron chi connectivity index (χ4n) is 1.05. The minimum Gasteiger partial charge on any atom is -0.429 e. The minimum atomic E-state index is -1.71. The van der Waals surface area contributed by atoms with Crippen molar-refractivity contribution >= 4 is 5.97 Å². The summed E-state index contributed by atoms with van der Waals surface area (Å²) in [5.41, 5.74) is 0. The molecule has 0 amide bonds. The van der Waals surface area contributed by atoms with Crippen molar-refractivity contribution in [1.82, 2.24) is 0 Å². The highest BCUT2D eigenvalue weighted by Crippen LogP contribution is 2.25. The molecule has 0 saturated carbocycles. The normalized spacial score (nSPS) is 34.8. The number of cyclic esters (lactones) is 1. The van der Waals surface area contributed by atoms with Crippen LogP contribution in [0.5, 0.6) is 0 Å². The van der Waals surface area contributed by atoms with Crippen LogP contribution in [0.25, 0.3) is 0 Å². The second-order valence-electron chi connectivity index (χ2n) is 2.78. The Balaban J connectivity index is 2.54. The Hall–Kier alpha value is -0.600. The smallest absolute Gasteiger partial charge is 0.308 e. The lowest BCUT2D eigenvalue weighted by Gasteiger charge is -2.16. The van der Waals surface area contributed by atoms with Crippen LogP contribution in [0.4, 0.5) is 4.39 Å². The van der Waals surface area contributed by atoms with E-state index in [-0.39, 0.29) is 0 Å². The molecule has 1 atom stereocenters. The van der Waals surface area contributed by atoms with Gasteiger partial charge in [0.2, 0.25) is 5.85 Å². The van der Waals surface area contributed by atoms with Crippen molar-refractivity contribution in [2.75, 3.05) is 0 Å². The zero-order chi connectivity index (χ0) is 7.61. The molecule has 0 spiro atoms. The Bertz CT molecular complexity index is 143. The first-order valence-electron chi connectivity index (χ1n) is 3.51. The third-order valence-corrected chi connectivity index (χ3v) is 1.58. The van der Waals surface area contributed by atoms with Crippen LogP contribution in [0.1, 0.15) is 32.6 Å². The van der Waals surface area contributed by atoms with Crippen LogP contribution in [-0.4, -0.2) is 11.8 Å². The highest BCUT2D eigenvalue weighted by atomic mass is 19.2. The molecule has 0 aliphatic carbocycles. The molecule has 1 rings (SSSR count). The number of hydrogen-bond donors (Lipinski definition) is 0. The van der Waals surface area contributed by atoms with E-state index in [9.17, 15) is 9.18 Å². The summed E-state index contributed by atoms with van der Waals surface area (Å²) in [6.07, 6.45) is 2.18. The predicted molar refractivity (Wildman–Crippen MR) is 34.1 cm³/mol. The Morgan fingerprint density at radius 1 is 1.60 bits per heavy atom. The van der Waals surface area contributed by atoms with Gasteiger partial charge >= 0.3 is 5.97 Å². The summed E-state index contributed by atoms with van der Waals surface area (Å²) in [6.45, 7) is 1.30. The van der Waals surface area contributed by atoms with Crippen molar-refractivity contribution < 1.29 is 13.9 Å². The third kappa shape index (κ3) is 1.97. The van der Waals surface area contributed by atoms with Crippen molar-refractivity contribution in [3.63, 3.8) is 0 Å². The Morgan fingerprint density at radius 2 is 2.30 bits per heavy atom. The molecule has 3 heteroatoms. The average Bonchev–Trinajstić information content (AvgIpc) is 1.90. The van der Waals surface area contributed by atoms with E-state index in [1.807, 2.05) is 0 Å². The van der Waals surface area contributed by atoms with Gasteiger partial charge in [0.1, 0.15) is 0 Å². The lowest BCUT2D eigenvalue weighted by Crippen LogP contribution is -2.23. The van der Waals surface area contributed by atoms with Crippen LogP contribution in [0.2, 0.25) is 0 Å². The fraction of sp³-hybridized carbons (Fsp3) is 0.857. The SMILES string of the molecule is CC1(F)CCCCC(=O)O1. The van der Waals surface area contributed by atoms with Gasteiger partial charge in [0.15, 0.2) is 0 Å². The van der Waals surface area contributed by atoms with Gasteiger partial charge in [-0.05, 0) is 12.8 Å². The Kier molecular flexibility index (Phi) is 1.92. The van der Waals surface area contributed by atoms with E-state index in [0.717, 1.165) is 12.8 Å². The molecule has 2 nitrogen and oxygen atoms in total. The first kappa shape index (κ1) is 7.51. The van der Waals surface area contributed by atoms with Gasteiger partial charge in [-0.2, -0.15) is 4.39 Å². The standard InChI is InChI=1S/C7H11FO2/c1-7(8)5-3-2-4-6(9)10-7/h2-5H2,1H3. The van der Waals surface area contributed by atoms with Crippen molar-refractivity contribution in [3.8, 4) is 0 Å². The molecule has 1 heterocycles. The van der Waals surface area contributed by atoms with Gasteiger partial charge in [-0.3, -0.25) is 4.79 Å². The third-order valence-electron chi connectivity index (χ3n) is 1.58. The molecule has 10 heavy (non-hydrogen) atoms. The van der Waals surface area contributed by atoms with Crippen molar-refractivity contribution in [2.24, 2.45) is 0 Å². The van der Waals surface area contributed by atoms with Gasteiger partial charge in [-0.25, -0.2) is 0 Å². The van der Waals surface area contributed by atoms with Gasteiger partial charge in [-0.15, -0.1) is 0 Å². The summed E-state index contributed by atoms with van der Waals surface area (Å²) in [7, 11) is 0. The van der Waals surface area contributed by atoms with Gasteiger partial charge in [-0.1, -0.05) is 0 Å². The molecule has 0 bridgehead atoms. The number of ether oxygens (including phenoxy) is 1. The molecule has 0 aromatic heterocycles. The summed E-state index contributed by atoms with van der Waals surface area (Å²) < 4.78 is 17.4. The lowest BCUT2D eigenvalue weighted by atomic mass is 10.1. The van der Waals surface area contributed by atoms with E-state index < -0.39 is 11.8 Å². The molecule has 1 aliphatic rings. The van der Waals surface area contributed by atoms with Crippen LogP contribution >= 0.6 is 0 Å². The van der Waals surface area contributed by atoms with Crippen LogP contribution in [0, 0.1) is 0 Å². The number of carbonyl (C=O) groups is 1. The average molecular weight is 146 g/mol. The van der Waals surface area contributed by atoms with Crippen molar-refractivity contribution in [2.45, 2.75) is 38.5 Å². The Labute approximate surface area is 59.4 Å². The van der Waals surface area contributed by atoms with Gasteiger partial charge in [0.25, 0.3) is 0 Å². The molecule has 1 saturated heterocycles. The molecule has 0 aromatic carbocycles. The van der Waals surface area contributed by atoms with E-state index in [1.54, 1.807) is 0 Å². The molecule has 58 valence electrons. The van der Waals surface area contributed by atoms with Crippen LogP contribution in [0.15, 0.2) is 0 Å². The minimum absolute atomic E-state index is 0.332. The number of carbonyl (C=O) groups excluding carboxylic acids is 1. The monoisotopic (exact) mass is 146 g/mol. The van der Waals surface area contributed by atoms with E-state index in [0.29, 0.717) is 12.8 Å². The maximum Gasteiger partial charge on any atom is 0.308 e. The zero-order valence-corrected chi connectivity index (χ0v) is 6.02. The van der Waals surface area contributed by atoms with Crippen molar-refractivity contribution in [3.05, 3.63) is 0 Å². The molecule has 0 aromatic rings. The highest BCUT2D eigenvalue weighted by molar-refractivity contribution is 5.69. The molecule has 1 unspecified atom stereocenters. The van der Waals surface area contributed by atoms with Crippen molar-refractivity contribution in [1.29, 1.82) is 0 Å². The second-order valence-corrected chi connectivity index (χ2v) is 2.78. The largest absolute Gasteiger partial charge is 0.429 e. The van der Waals surface area contributed by atoms with Gasteiger partial charge in [0.05, 0.1) is 0 Å². The summed E-state index contributed by atoms with van der Waals surface area (Å²) in [4.78, 5) is 10.6. The lowest BCUT2D eigenvalue weighted by molar-refractivity contribution is -0.176. The quantitative estimate of drug-likeness (QED) is 0.487.